The first kappa shape index (κ1) is 28.1. The van der Waals surface area contributed by atoms with E-state index in [1.54, 1.807) is 19.9 Å². The van der Waals surface area contributed by atoms with Gasteiger partial charge in [-0.2, -0.15) is 0 Å². The number of fused-ring (bicyclic) bond motifs is 1. The number of benzene rings is 1. The average molecular weight is 596 g/mol. The van der Waals surface area contributed by atoms with E-state index in [4.69, 9.17) is 4.74 Å². The fourth-order valence-electron chi connectivity index (χ4n) is 4.51. The van der Waals surface area contributed by atoms with Crippen LogP contribution in [0.1, 0.15) is 62.1 Å². The Morgan fingerprint density at radius 1 is 1.18 bits per heavy atom. The Morgan fingerprint density at radius 3 is 2.77 bits per heavy atom. The summed E-state index contributed by atoms with van der Waals surface area (Å²) < 4.78 is 7.15. The second-order valence-corrected chi connectivity index (χ2v) is 12.6. The van der Waals surface area contributed by atoms with E-state index in [-0.39, 0.29) is 25.0 Å². The van der Waals surface area contributed by atoms with E-state index in [0.717, 1.165) is 41.0 Å². The number of hydrogen-bond donors (Lipinski definition) is 2. The minimum atomic E-state index is -0.548. The molecule has 1 aliphatic carbocycles. The summed E-state index contributed by atoms with van der Waals surface area (Å²) in [5, 5.41) is 17.0. The molecule has 2 N–H and O–H groups in total. The third kappa shape index (κ3) is 5.98. The second kappa shape index (κ2) is 12.4. The van der Waals surface area contributed by atoms with E-state index >= 15 is 0 Å². The molecule has 3 heterocycles. The Morgan fingerprint density at radius 2 is 2.02 bits per heavy atom. The van der Waals surface area contributed by atoms with Crippen LogP contribution in [0.15, 0.2) is 46.9 Å². The lowest BCUT2D eigenvalue weighted by Gasteiger charge is -2.15. The topological polar surface area (TPSA) is 115 Å². The highest BCUT2D eigenvalue weighted by atomic mass is 32.2. The van der Waals surface area contributed by atoms with E-state index in [0.29, 0.717) is 26.4 Å². The summed E-state index contributed by atoms with van der Waals surface area (Å²) in [6.07, 6.45) is 2.71. The number of aryl methyl sites for hydroxylation is 2. The molecular weight excluding hydrogens is 567 g/mol. The van der Waals surface area contributed by atoms with Gasteiger partial charge >= 0.3 is 5.97 Å². The molecule has 2 amide bonds. The SMILES string of the molecule is CCOC(=O)c1c(NC(=O)[C@@H](C)Sc2nnc(CNC(=O)c3cccs3)n2-c2cccc(C)c2)sc2c1CCC2. The van der Waals surface area contributed by atoms with E-state index in [1.807, 2.05) is 47.2 Å². The van der Waals surface area contributed by atoms with Crippen molar-refractivity contribution in [3.8, 4) is 5.69 Å². The molecule has 0 saturated heterocycles. The van der Waals surface area contributed by atoms with Gasteiger partial charge < -0.3 is 15.4 Å². The molecule has 1 atom stereocenters. The number of esters is 1. The van der Waals surface area contributed by atoms with Crippen LogP contribution in [-0.4, -0.2) is 44.4 Å². The summed E-state index contributed by atoms with van der Waals surface area (Å²) in [6.45, 7) is 6.00. The molecule has 0 bridgehead atoms. The molecule has 0 fully saturated rings. The van der Waals surface area contributed by atoms with Gasteiger partial charge in [-0.3, -0.25) is 14.2 Å². The van der Waals surface area contributed by atoms with Crippen molar-refractivity contribution < 1.29 is 19.1 Å². The number of ether oxygens (including phenoxy) is 1. The van der Waals surface area contributed by atoms with Crippen LogP contribution in [-0.2, 0) is 28.9 Å². The molecule has 0 spiro atoms. The van der Waals surface area contributed by atoms with Crippen LogP contribution in [0.25, 0.3) is 5.69 Å². The molecule has 0 aliphatic heterocycles. The summed E-state index contributed by atoms with van der Waals surface area (Å²) in [5.74, 6) is -0.284. The van der Waals surface area contributed by atoms with Gasteiger partial charge in [0.1, 0.15) is 5.00 Å². The number of hydrogen-bond acceptors (Lipinski definition) is 9. The molecule has 5 rings (SSSR count). The van der Waals surface area contributed by atoms with Crippen LogP contribution < -0.4 is 10.6 Å². The van der Waals surface area contributed by atoms with Gasteiger partial charge in [-0.15, -0.1) is 32.9 Å². The maximum atomic E-state index is 13.3. The molecule has 0 radical (unpaired) electrons. The van der Waals surface area contributed by atoms with E-state index in [9.17, 15) is 14.4 Å². The van der Waals surface area contributed by atoms with Crippen molar-refractivity contribution >= 4 is 57.2 Å². The third-order valence-corrected chi connectivity index (χ3v) is 9.52. The van der Waals surface area contributed by atoms with Crippen molar-refractivity contribution in [1.82, 2.24) is 20.1 Å². The molecule has 0 saturated carbocycles. The van der Waals surface area contributed by atoms with Crippen molar-refractivity contribution in [1.29, 1.82) is 0 Å². The van der Waals surface area contributed by atoms with Gasteiger partial charge in [0.15, 0.2) is 11.0 Å². The van der Waals surface area contributed by atoms with Crippen molar-refractivity contribution in [3.63, 3.8) is 0 Å². The van der Waals surface area contributed by atoms with E-state index < -0.39 is 11.2 Å². The lowest BCUT2D eigenvalue weighted by molar-refractivity contribution is -0.115. The maximum Gasteiger partial charge on any atom is 0.341 e. The number of amides is 2. The summed E-state index contributed by atoms with van der Waals surface area (Å²) in [4.78, 5) is 40.4. The molecule has 0 unspecified atom stereocenters. The molecule has 208 valence electrons. The average Bonchev–Trinajstić information content (AvgIpc) is 3.72. The summed E-state index contributed by atoms with van der Waals surface area (Å²) in [6, 6.07) is 11.5. The Balaban J connectivity index is 1.36. The fourth-order valence-corrected chi connectivity index (χ4v) is 7.32. The Hall–Kier alpha value is -3.48. The molecule has 1 aromatic carbocycles. The summed E-state index contributed by atoms with van der Waals surface area (Å²) in [5.41, 5.74) is 3.36. The molecule has 3 aromatic heterocycles. The van der Waals surface area contributed by atoms with Gasteiger partial charge in [0.25, 0.3) is 5.91 Å². The number of nitrogens with zero attached hydrogens (tertiary/aromatic N) is 3. The first-order valence-electron chi connectivity index (χ1n) is 13.0. The summed E-state index contributed by atoms with van der Waals surface area (Å²) in [7, 11) is 0. The van der Waals surface area contributed by atoms with Crippen molar-refractivity contribution in [3.05, 3.63) is 74.0 Å². The third-order valence-electron chi connectivity index (χ3n) is 6.40. The summed E-state index contributed by atoms with van der Waals surface area (Å²) >= 11 is 4.08. The first-order chi connectivity index (χ1) is 19.4. The quantitative estimate of drug-likeness (QED) is 0.186. The zero-order valence-electron chi connectivity index (χ0n) is 22.4. The number of rotatable bonds is 10. The molecule has 12 heteroatoms. The molecule has 1 aliphatic rings. The zero-order valence-corrected chi connectivity index (χ0v) is 24.8. The van der Waals surface area contributed by atoms with Crippen LogP contribution in [0, 0.1) is 6.92 Å². The number of aromatic nitrogens is 3. The highest BCUT2D eigenvalue weighted by Crippen LogP contribution is 2.40. The van der Waals surface area contributed by atoms with Crippen molar-refractivity contribution in [2.75, 3.05) is 11.9 Å². The van der Waals surface area contributed by atoms with Crippen LogP contribution in [0.3, 0.4) is 0 Å². The molecule has 9 nitrogen and oxygen atoms in total. The van der Waals surface area contributed by atoms with Gasteiger partial charge in [-0.1, -0.05) is 30.0 Å². The van der Waals surface area contributed by atoms with Gasteiger partial charge in [-0.25, -0.2) is 4.79 Å². The lowest BCUT2D eigenvalue weighted by atomic mass is 10.1. The molecular formula is C28H29N5O4S3. The number of thiophene rings is 2. The normalized spacial score (nSPS) is 13.1. The minimum absolute atomic E-state index is 0.169. The highest BCUT2D eigenvalue weighted by molar-refractivity contribution is 8.00. The molecule has 4 aromatic rings. The standard InChI is InChI=1S/C28H29N5O4S3/c1-4-37-27(36)23-19-10-6-11-20(19)40-26(23)30-24(34)17(3)39-28-32-31-22(15-29-25(35)21-12-7-13-38-21)33(28)18-9-5-8-16(2)14-18/h5,7-9,12-14,17H,4,6,10-11,15H2,1-3H3,(H,29,35)(H,30,34)/t17-/m1/s1. The van der Waals surface area contributed by atoms with Crippen molar-refractivity contribution in [2.24, 2.45) is 0 Å². The van der Waals surface area contributed by atoms with Crippen LogP contribution >= 0.6 is 34.4 Å². The monoisotopic (exact) mass is 595 g/mol. The maximum absolute atomic E-state index is 13.3. The van der Waals surface area contributed by atoms with Gasteiger partial charge in [0.05, 0.1) is 28.8 Å². The number of thioether (sulfide) groups is 1. The van der Waals surface area contributed by atoms with E-state index in [1.165, 1.54) is 34.4 Å². The number of anilines is 1. The van der Waals surface area contributed by atoms with Gasteiger partial charge in [0, 0.05) is 10.6 Å². The Kier molecular flexibility index (Phi) is 8.67. The van der Waals surface area contributed by atoms with Crippen LogP contribution in [0.5, 0.6) is 0 Å². The highest BCUT2D eigenvalue weighted by Gasteiger charge is 2.30. The predicted molar refractivity (Wildman–Crippen MR) is 158 cm³/mol. The zero-order chi connectivity index (χ0) is 28.2. The number of carbonyl (C=O) groups is 3. The predicted octanol–water partition coefficient (Wildman–Crippen LogP) is 5.41. The van der Waals surface area contributed by atoms with Gasteiger partial charge in [-0.05, 0) is 74.7 Å². The minimum Gasteiger partial charge on any atom is -0.462 e. The largest absolute Gasteiger partial charge is 0.462 e. The van der Waals surface area contributed by atoms with Gasteiger partial charge in [0.2, 0.25) is 5.91 Å². The van der Waals surface area contributed by atoms with Crippen molar-refractivity contribution in [2.45, 2.75) is 57.0 Å². The van der Waals surface area contributed by atoms with E-state index in [2.05, 4.69) is 20.8 Å². The molecule has 40 heavy (non-hydrogen) atoms. The second-order valence-electron chi connectivity index (χ2n) is 9.26. The first-order valence-corrected chi connectivity index (χ1v) is 15.6. The van der Waals surface area contributed by atoms with Crippen LogP contribution in [0.4, 0.5) is 5.00 Å². The fraction of sp³-hybridized carbons (Fsp3) is 0.321. The Bertz CT molecular complexity index is 1540. The number of nitrogens with one attached hydrogen (secondary N) is 2. The number of carbonyl (C=O) groups excluding carboxylic acids is 3. The van der Waals surface area contributed by atoms with Crippen LogP contribution in [0.2, 0.25) is 0 Å². The Labute approximate surface area is 244 Å². The smallest absolute Gasteiger partial charge is 0.341 e. The lowest BCUT2D eigenvalue weighted by Crippen LogP contribution is -2.25.